The Labute approximate surface area is 160 Å². The zero-order chi connectivity index (χ0) is 18.5. The molecule has 0 radical (unpaired) electrons. The Kier molecular flexibility index (Phi) is 5.19. The minimum Gasteiger partial charge on any atom is -0.497 e. The van der Waals surface area contributed by atoms with Gasteiger partial charge in [-0.2, -0.15) is 4.98 Å². The molecule has 27 heavy (non-hydrogen) atoms. The standard InChI is InChI=1S/C22H24N4O/c1-27-19-10-8-17(9-11-19)12-14-23-22-24-15-13-21(25-22)26-16-4-6-18-5-2-3-7-20(18)26/h2-3,5,7-11,13,15H,4,6,12,14,16H2,1H3,(H,23,24,25). The summed E-state index contributed by atoms with van der Waals surface area (Å²) >= 11 is 0. The molecule has 0 amide bonds. The molecule has 0 aliphatic carbocycles. The Hall–Kier alpha value is -3.08. The molecule has 1 aromatic heterocycles. The van der Waals surface area contributed by atoms with E-state index in [2.05, 4.69) is 51.6 Å². The van der Waals surface area contributed by atoms with Crippen molar-refractivity contribution in [1.82, 2.24) is 9.97 Å². The summed E-state index contributed by atoms with van der Waals surface area (Å²) in [5, 5.41) is 3.35. The number of ether oxygens (including phenoxy) is 1. The molecule has 5 heteroatoms. The van der Waals surface area contributed by atoms with Gasteiger partial charge in [0.2, 0.25) is 5.95 Å². The van der Waals surface area contributed by atoms with Crippen LogP contribution in [0.1, 0.15) is 17.5 Å². The summed E-state index contributed by atoms with van der Waals surface area (Å²) in [4.78, 5) is 11.4. The second kappa shape index (κ2) is 8.08. The van der Waals surface area contributed by atoms with Gasteiger partial charge < -0.3 is 15.0 Å². The van der Waals surface area contributed by atoms with Crippen LogP contribution in [0.25, 0.3) is 0 Å². The smallest absolute Gasteiger partial charge is 0.224 e. The van der Waals surface area contributed by atoms with E-state index in [-0.39, 0.29) is 0 Å². The number of benzene rings is 2. The molecule has 0 spiro atoms. The van der Waals surface area contributed by atoms with Crippen LogP contribution in [-0.2, 0) is 12.8 Å². The fraction of sp³-hybridized carbons (Fsp3) is 0.273. The van der Waals surface area contributed by atoms with Gasteiger partial charge in [-0.3, -0.25) is 0 Å². The molecule has 3 aromatic rings. The van der Waals surface area contributed by atoms with Gasteiger partial charge in [0.15, 0.2) is 0 Å². The molecule has 0 fully saturated rings. The van der Waals surface area contributed by atoms with Crippen molar-refractivity contribution in [2.24, 2.45) is 0 Å². The van der Waals surface area contributed by atoms with Gasteiger partial charge in [-0.15, -0.1) is 0 Å². The van der Waals surface area contributed by atoms with Gasteiger partial charge in [0.25, 0.3) is 0 Å². The van der Waals surface area contributed by atoms with Crippen molar-refractivity contribution in [2.45, 2.75) is 19.3 Å². The van der Waals surface area contributed by atoms with Gasteiger partial charge in [0, 0.05) is 25.0 Å². The first-order chi connectivity index (χ1) is 13.3. The summed E-state index contributed by atoms with van der Waals surface area (Å²) < 4.78 is 5.20. The molecule has 1 aliphatic rings. The van der Waals surface area contributed by atoms with Crippen LogP contribution >= 0.6 is 0 Å². The van der Waals surface area contributed by atoms with Crippen molar-refractivity contribution in [1.29, 1.82) is 0 Å². The Bertz CT molecular complexity index is 895. The van der Waals surface area contributed by atoms with E-state index in [4.69, 9.17) is 9.72 Å². The van der Waals surface area contributed by atoms with Crippen LogP contribution in [0.3, 0.4) is 0 Å². The highest BCUT2D eigenvalue weighted by Crippen LogP contribution is 2.32. The summed E-state index contributed by atoms with van der Waals surface area (Å²) in [6, 6.07) is 18.7. The average Bonchev–Trinajstić information content (AvgIpc) is 2.74. The molecule has 4 rings (SSSR count). The first-order valence-corrected chi connectivity index (χ1v) is 9.39. The molecular formula is C22H24N4O. The maximum atomic E-state index is 5.20. The second-order valence-electron chi connectivity index (χ2n) is 6.65. The average molecular weight is 360 g/mol. The molecule has 0 unspecified atom stereocenters. The van der Waals surface area contributed by atoms with Crippen LogP contribution in [-0.4, -0.2) is 30.2 Å². The summed E-state index contributed by atoms with van der Waals surface area (Å²) in [5.74, 6) is 2.50. The van der Waals surface area contributed by atoms with Crippen molar-refractivity contribution in [3.63, 3.8) is 0 Å². The Morgan fingerprint density at radius 1 is 1.07 bits per heavy atom. The molecule has 0 atom stereocenters. The summed E-state index contributed by atoms with van der Waals surface area (Å²) in [5.41, 5.74) is 3.90. The Morgan fingerprint density at radius 3 is 2.78 bits per heavy atom. The molecular weight excluding hydrogens is 336 g/mol. The van der Waals surface area contributed by atoms with Crippen LogP contribution in [0.15, 0.2) is 60.8 Å². The number of rotatable bonds is 6. The molecule has 138 valence electrons. The van der Waals surface area contributed by atoms with Crippen LogP contribution in [0.2, 0.25) is 0 Å². The predicted molar refractivity (Wildman–Crippen MR) is 109 cm³/mol. The number of anilines is 3. The molecule has 1 aliphatic heterocycles. The van der Waals surface area contributed by atoms with E-state index < -0.39 is 0 Å². The Balaban J connectivity index is 1.42. The van der Waals surface area contributed by atoms with Gasteiger partial charge in [0.05, 0.1) is 7.11 Å². The number of nitrogens with zero attached hydrogens (tertiary/aromatic N) is 3. The van der Waals surface area contributed by atoms with Crippen molar-refractivity contribution >= 4 is 17.5 Å². The van der Waals surface area contributed by atoms with Crippen LogP contribution in [0, 0.1) is 0 Å². The number of hydrogen-bond acceptors (Lipinski definition) is 5. The van der Waals surface area contributed by atoms with E-state index in [1.165, 1.54) is 16.8 Å². The number of para-hydroxylation sites is 1. The minimum atomic E-state index is 0.670. The van der Waals surface area contributed by atoms with Crippen LogP contribution in [0.5, 0.6) is 5.75 Å². The van der Waals surface area contributed by atoms with Gasteiger partial charge in [-0.05, 0) is 54.7 Å². The highest BCUT2D eigenvalue weighted by Gasteiger charge is 2.18. The number of aromatic nitrogens is 2. The van der Waals surface area contributed by atoms with Crippen molar-refractivity contribution in [3.05, 3.63) is 71.9 Å². The van der Waals surface area contributed by atoms with Gasteiger partial charge in [-0.25, -0.2) is 4.98 Å². The quantitative estimate of drug-likeness (QED) is 0.713. The largest absolute Gasteiger partial charge is 0.497 e. The number of methoxy groups -OCH3 is 1. The predicted octanol–water partition coefficient (Wildman–Crippen LogP) is 4.22. The molecule has 2 aromatic carbocycles. The van der Waals surface area contributed by atoms with Crippen molar-refractivity contribution < 1.29 is 4.74 Å². The van der Waals surface area contributed by atoms with E-state index in [0.29, 0.717) is 5.95 Å². The lowest BCUT2D eigenvalue weighted by atomic mass is 10.0. The van der Waals surface area contributed by atoms with Crippen LogP contribution in [0.4, 0.5) is 17.5 Å². The molecule has 0 saturated carbocycles. The van der Waals surface area contributed by atoms with E-state index in [1.807, 2.05) is 24.4 Å². The maximum absolute atomic E-state index is 5.20. The fourth-order valence-corrected chi connectivity index (χ4v) is 3.47. The van der Waals surface area contributed by atoms with Crippen LogP contribution < -0.4 is 15.0 Å². The summed E-state index contributed by atoms with van der Waals surface area (Å²) in [7, 11) is 1.68. The topological polar surface area (TPSA) is 50.3 Å². The van der Waals surface area contributed by atoms with Crippen molar-refractivity contribution in [3.8, 4) is 5.75 Å². The zero-order valence-electron chi connectivity index (χ0n) is 15.6. The van der Waals surface area contributed by atoms with Gasteiger partial charge >= 0.3 is 0 Å². The van der Waals surface area contributed by atoms with E-state index in [9.17, 15) is 0 Å². The monoisotopic (exact) mass is 360 g/mol. The lowest BCUT2D eigenvalue weighted by molar-refractivity contribution is 0.414. The third kappa shape index (κ3) is 4.03. The zero-order valence-corrected chi connectivity index (χ0v) is 15.6. The summed E-state index contributed by atoms with van der Waals surface area (Å²) in [6.07, 6.45) is 5.01. The van der Waals surface area contributed by atoms with E-state index in [0.717, 1.165) is 43.9 Å². The Morgan fingerprint density at radius 2 is 1.93 bits per heavy atom. The normalized spacial score (nSPS) is 13.1. The first kappa shape index (κ1) is 17.3. The third-order valence-corrected chi connectivity index (χ3v) is 4.88. The number of hydrogen-bond donors (Lipinski definition) is 1. The molecule has 1 N–H and O–H groups in total. The lowest BCUT2D eigenvalue weighted by Crippen LogP contribution is -2.25. The summed E-state index contributed by atoms with van der Waals surface area (Å²) in [6.45, 7) is 1.77. The maximum Gasteiger partial charge on any atom is 0.224 e. The number of nitrogens with one attached hydrogen (secondary N) is 1. The first-order valence-electron chi connectivity index (χ1n) is 9.39. The molecule has 0 saturated heterocycles. The third-order valence-electron chi connectivity index (χ3n) is 4.88. The van der Waals surface area contributed by atoms with Gasteiger partial charge in [-0.1, -0.05) is 30.3 Å². The number of fused-ring (bicyclic) bond motifs is 1. The fourth-order valence-electron chi connectivity index (χ4n) is 3.47. The molecule has 5 nitrogen and oxygen atoms in total. The molecule has 2 heterocycles. The highest BCUT2D eigenvalue weighted by atomic mass is 16.5. The SMILES string of the molecule is COc1ccc(CCNc2nccc(N3CCCc4ccccc43)n2)cc1. The minimum absolute atomic E-state index is 0.670. The lowest BCUT2D eigenvalue weighted by Gasteiger charge is -2.30. The van der Waals surface area contributed by atoms with Crippen molar-refractivity contribution in [2.75, 3.05) is 30.4 Å². The number of aryl methyl sites for hydroxylation is 1. The second-order valence-corrected chi connectivity index (χ2v) is 6.65. The highest BCUT2D eigenvalue weighted by molar-refractivity contribution is 5.65. The van der Waals surface area contributed by atoms with Gasteiger partial charge in [0.1, 0.15) is 11.6 Å². The van der Waals surface area contributed by atoms with E-state index >= 15 is 0 Å². The van der Waals surface area contributed by atoms with E-state index in [1.54, 1.807) is 7.11 Å². The molecule has 0 bridgehead atoms.